The molecule has 0 aromatic rings. The molecular formula is C27H38O3. The van der Waals surface area contributed by atoms with E-state index in [1.807, 2.05) is 6.08 Å². The van der Waals surface area contributed by atoms with Crippen molar-refractivity contribution in [3.05, 3.63) is 23.8 Å². The highest BCUT2D eigenvalue weighted by Gasteiger charge is 2.59. The summed E-state index contributed by atoms with van der Waals surface area (Å²) in [5.74, 6) is 2.91. The number of fused-ring (bicyclic) bond motifs is 5. The molecule has 0 radical (unpaired) electrons. The van der Waals surface area contributed by atoms with Crippen molar-refractivity contribution in [3.8, 4) is 0 Å². The minimum atomic E-state index is 0.0467. The lowest BCUT2D eigenvalue weighted by molar-refractivity contribution is -0.159. The van der Waals surface area contributed by atoms with Crippen molar-refractivity contribution in [2.75, 3.05) is 0 Å². The highest BCUT2D eigenvalue weighted by molar-refractivity contribution is 6.01. The fraction of sp³-hybridized carbons (Fsp3) is 0.778. The number of carbonyl (C=O) groups is 2. The van der Waals surface area contributed by atoms with Gasteiger partial charge in [-0.3, -0.25) is 9.59 Å². The van der Waals surface area contributed by atoms with E-state index < -0.39 is 0 Å². The summed E-state index contributed by atoms with van der Waals surface area (Å²) in [4.78, 5) is 24.6. The molecule has 0 bridgehead atoms. The largest absolute Gasteiger partial charge is 0.462 e. The van der Waals surface area contributed by atoms with Gasteiger partial charge in [0.1, 0.15) is 6.10 Å². The maximum absolute atomic E-state index is 12.7. The third-order valence-electron chi connectivity index (χ3n) is 9.97. The van der Waals surface area contributed by atoms with E-state index in [0.29, 0.717) is 24.2 Å². The predicted molar refractivity (Wildman–Crippen MR) is 118 cm³/mol. The minimum absolute atomic E-state index is 0.0467. The summed E-state index contributed by atoms with van der Waals surface area (Å²) < 4.78 is 6.16. The number of hydrogen-bond donors (Lipinski definition) is 0. The molecule has 0 heterocycles. The molecular weight excluding hydrogens is 372 g/mol. The topological polar surface area (TPSA) is 43.4 Å². The summed E-state index contributed by atoms with van der Waals surface area (Å²) >= 11 is 0. The second kappa shape index (κ2) is 7.64. The maximum atomic E-state index is 12.7. The first-order valence-corrected chi connectivity index (χ1v) is 12.5. The summed E-state index contributed by atoms with van der Waals surface area (Å²) in [5.41, 5.74) is 1.54. The van der Waals surface area contributed by atoms with Gasteiger partial charge in [-0.05, 0) is 80.8 Å². The number of ether oxygens (including phenoxy) is 1. The number of carbonyl (C=O) groups excluding carboxylic acids is 2. The van der Waals surface area contributed by atoms with Crippen LogP contribution in [0.25, 0.3) is 0 Å². The Morgan fingerprint density at radius 2 is 1.87 bits per heavy atom. The van der Waals surface area contributed by atoms with Gasteiger partial charge in [-0.1, -0.05) is 51.2 Å². The van der Waals surface area contributed by atoms with Crippen LogP contribution in [0, 0.1) is 34.5 Å². The molecule has 0 amide bonds. The van der Waals surface area contributed by atoms with Gasteiger partial charge in [-0.25, -0.2) is 0 Å². The second-order valence-electron chi connectivity index (χ2n) is 11.4. The molecule has 0 saturated heterocycles. The van der Waals surface area contributed by atoms with Crippen LogP contribution in [-0.2, 0) is 14.3 Å². The van der Waals surface area contributed by atoms with E-state index in [4.69, 9.17) is 4.74 Å². The normalized spacial score (nSPS) is 43.0. The Morgan fingerprint density at radius 1 is 1.07 bits per heavy atom. The van der Waals surface area contributed by atoms with Crippen molar-refractivity contribution in [1.29, 1.82) is 0 Å². The second-order valence-corrected chi connectivity index (χ2v) is 11.4. The summed E-state index contributed by atoms with van der Waals surface area (Å²) in [7, 11) is 0. The van der Waals surface area contributed by atoms with Crippen LogP contribution in [0.3, 0.4) is 0 Å². The van der Waals surface area contributed by atoms with E-state index in [9.17, 15) is 9.59 Å². The van der Waals surface area contributed by atoms with Gasteiger partial charge in [0.05, 0.1) is 0 Å². The third kappa shape index (κ3) is 3.31. The van der Waals surface area contributed by atoms with Gasteiger partial charge in [0.2, 0.25) is 0 Å². The lowest BCUT2D eigenvalue weighted by Gasteiger charge is -2.56. The van der Waals surface area contributed by atoms with Gasteiger partial charge in [0.15, 0.2) is 5.78 Å². The fourth-order valence-electron chi connectivity index (χ4n) is 8.18. The molecule has 3 heteroatoms. The molecule has 5 rings (SSSR count). The molecule has 0 aromatic carbocycles. The van der Waals surface area contributed by atoms with Crippen molar-refractivity contribution in [2.45, 2.75) is 97.0 Å². The van der Waals surface area contributed by atoms with Crippen LogP contribution in [0.4, 0.5) is 0 Å². The first-order valence-electron chi connectivity index (χ1n) is 12.5. The molecule has 0 N–H and O–H groups in total. The molecule has 0 spiro atoms. The number of rotatable bonds is 4. The Hall–Kier alpha value is -1.38. The first-order chi connectivity index (χ1) is 14.4. The summed E-state index contributed by atoms with van der Waals surface area (Å²) in [6.07, 6.45) is 19.7. The van der Waals surface area contributed by atoms with E-state index in [1.54, 1.807) is 6.08 Å². The van der Waals surface area contributed by atoms with E-state index in [2.05, 4.69) is 19.9 Å². The van der Waals surface area contributed by atoms with Gasteiger partial charge in [-0.2, -0.15) is 0 Å². The molecule has 4 saturated carbocycles. The van der Waals surface area contributed by atoms with E-state index in [1.165, 1.54) is 50.5 Å². The van der Waals surface area contributed by atoms with E-state index >= 15 is 0 Å². The quantitative estimate of drug-likeness (QED) is 0.520. The Labute approximate surface area is 181 Å². The Bertz CT molecular complexity index is 773. The molecule has 4 fully saturated rings. The molecule has 3 nitrogen and oxygen atoms in total. The predicted octanol–water partition coefficient (Wildman–Crippen LogP) is 6.18. The lowest BCUT2D eigenvalue weighted by Crippen LogP contribution is -2.51. The molecule has 0 aliphatic heterocycles. The number of ketones is 1. The van der Waals surface area contributed by atoms with Crippen LogP contribution in [0.5, 0.6) is 0 Å². The maximum Gasteiger partial charge on any atom is 0.306 e. The van der Waals surface area contributed by atoms with Crippen molar-refractivity contribution < 1.29 is 14.3 Å². The highest BCUT2D eigenvalue weighted by atomic mass is 16.5. The van der Waals surface area contributed by atoms with Gasteiger partial charge in [-0.15, -0.1) is 0 Å². The van der Waals surface area contributed by atoms with Crippen molar-refractivity contribution >= 4 is 11.8 Å². The van der Waals surface area contributed by atoms with Crippen LogP contribution in [0.15, 0.2) is 23.8 Å². The summed E-state index contributed by atoms with van der Waals surface area (Å²) in [5, 5.41) is 0. The lowest BCUT2D eigenvalue weighted by atomic mass is 9.48. The molecule has 0 unspecified atom stereocenters. The smallest absolute Gasteiger partial charge is 0.306 e. The fourth-order valence-corrected chi connectivity index (χ4v) is 8.18. The number of hydrogen-bond acceptors (Lipinski definition) is 3. The molecule has 164 valence electrons. The van der Waals surface area contributed by atoms with Crippen molar-refractivity contribution in [1.82, 2.24) is 0 Å². The zero-order valence-corrected chi connectivity index (χ0v) is 18.8. The van der Waals surface area contributed by atoms with Gasteiger partial charge < -0.3 is 4.74 Å². The van der Waals surface area contributed by atoms with Crippen LogP contribution in [-0.4, -0.2) is 17.9 Å². The van der Waals surface area contributed by atoms with Gasteiger partial charge in [0.25, 0.3) is 0 Å². The molecule has 0 aromatic heterocycles. The van der Waals surface area contributed by atoms with E-state index in [-0.39, 0.29) is 28.7 Å². The molecule has 5 aliphatic carbocycles. The van der Waals surface area contributed by atoms with E-state index in [0.717, 1.165) is 31.6 Å². The standard InChI is InChI=1S/C27H38O3/c1-26-15-13-20(28)17-19(26)8-9-21-22-10-11-24(27(22,2)16-14-23(21)26)30-25(29)12-7-18-5-3-4-6-18/h13,15,17-18,21-24H,3-12,14,16H2,1-2H3/t21-,22-,23-,24-,26-,27-/m1/s1. The van der Waals surface area contributed by atoms with Crippen LogP contribution < -0.4 is 0 Å². The minimum Gasteiger partial charge on any atom is -0.462 e. The van der Waals surface area contributed by atoms with Crippen LogP contribution >= 0.6 is 0 Å². The zero-order valence-electron chi connectivity index (χ0n) is 18.8. The number of allylic oxidation sites excluding steroid dienone is 4. The van der Waals surface area contributed by atoms with Crippen molar-refractivity contribution in [2.24, 2.45) is 34.5 Å². The van der Waals surface area contributed by atoms with Gasteiger partial charge >= 0.3 is 5.97 Å². The third-order valence-corrected chi connectivity index (χ3v) is 9.97. The highest BCUT2D eigenvalue weighted by Crippen LogP contribution is 2.64. The monoisotopic (exact) mass is 410 g/mol. The molecule has 5 aliphatic rings. The summed E-state index contributed by atoms with van der Waals surface area (Å²) in [6, 6.07) is 0. The zero-order chi connectivity index (χ0) is 20.9. The average molecular weight is 411 g/mol. The summed E-state index contributed by atoms with van der Waals surface area (Å²) in [6.45, 7) is 4.76. The SMILES string of the molecule is C[C@@]12CC[C@@H]3[C@H](CCC4=CC(=O)C=C[C@]43C)[C@H]1CC[C@H]2OC(=O)CCC1CCCC1. The first kappa shape index (κ1) is 20.5. The molecule has 30 heavy (non-hydrogen) atoms. The van der Waals surface area contributed by atoms with Crippen LogP contribution in [0.2, 0.25) is 0 Å². The Morgan fingerprint density at radius 3 is 2.67 bits per heavy atom. The van der Waals surface area contributed by atoms with Crippen molar-refractivity contribution in [3.63, 3.8) is 0 Å². The number of esters is 1. The molecule has 6 atom stereocenters. The van der Waals surface area contributed by atoms with Crippen LogP contribution in [0.1, 0.15) is 90.9 Å². The Balaban J connectivity index is 1.26. The Kier molecular flexibility index (Phi) is 5.22. The van der Waals surface area contributed by atoms with Gasteiger partial charge in [0, 0.05) is 17.3 Å². The average Bonchev–Trinajstić information content (AvgIpc) is 3.35.